The molecular formula is C18H37IN4O2. The molecule has 2 aliphatic rings. The third-order valence-corrected chi connectivity index (χ3v) is 5.19. The fourth-order valence-corrected chi connectivity index (χ4v) is 3.61. The molecule has 148 valence electrons. The van der Waals surface area contributed by atoms with Gasteiger partial charge in [-0.1, -0.05) is 13.8 Å². The number of aliphatic imine (C=N–C) groups is 1. The summed E-state index contributed by atoms with van der Waals surface area (Å²) in [6, 6.07) is 0.507. The molecule has 25 heavy (non-hydrogen) atoms. The largest absolute Gasteiger partial charge is 0.381 e. The molecule has 0 aromatic carbocycles. The zero-order valence-corrected chi connectivity index (χ0v) is 18.7. The number of guanidine groups is 1. The van der Waals surface area contributed by atoms with Crippen LogP contribution in [0.5, 0.6) is 0 Å². The van der Waals surface area contributed by atoms with E-state index in [0.717, 1.165) is 44.5 Å². The first kappa shape index (κ1) is 22.9. The molecule has 0 spiro atoms. The average molecular weight is 468 g/mol. The Kier molecular flexibility index (Phi) is 10.6. The van der Waals surface area contributed by atoms with Gasteiger partial charge in [0.25, 0.3) is 0 Å². The van der Waals surface area contributed by atoms with Gasteiger partial charge in [0.1, 0.15) is 0 Å². The summed E-state index contributed by atoms with van der Waals surface area (Å²) in [4.78, 5) is 6.96. The van der Waals surface area contributed by atoms with Gasteiger partial charge in [-0.3, -0.25) is 4.99 Å². The van der Waals surface area contributed by atoms with Crippen LogP contribution in [0.1, 0.15) is 39.5 Å². The minimum atomic E-state index is -0.128. The maximum absolute atomic E-state index is 5.78. The number of hydrogen-bond donors (Lipinski definition) is 2. The highest BCUT2D eigenvalue weighted by atomic mass is 127. The minimum absolute atomic E-state index is 0. The van der Waals surface area contributed by atoms with Crippen LogP contribution < -0.4 is 10.6 Å². The smallest absolute Gasteiger partial charge is 0.191 e. The molecule has 0 atom stereocenters. The Morgan fingerprint density at radius 3 is 2.44 bits per heavy atom. The molecule has 2 heterocycles. The highest BCUT2D eigenvalue weighted by Crippen LogP contribution is 2.23. The fourth-order valence-electron chi connectivity index (χ4n) is 3.61. The topological polar surface area (TPSA) is 58.1 Å². The zero-order valence-electron chi connectivity index (χ0n) is 16.3. The average Bonchev–Trinajstić information content (AvgIpc) is 2.60. The summed E-state index contributed by atoms with van der Waals surface area (Å²) in [5.74, 6) is 1.63. The molecule has 0 aromatic heterocycles. The Labute approximate surface area is 170 Å². The molecule has 2 fully saturated rings. The van der Waals surface area contributed by atoms with E-state index in [2.05, 4.69) is 34.4 Å². The van der Waals surface area contributed by atoms with Crippen LogP contribution in [0, 0.1) is 5.92 Å². The van der Waals surface area contributed by atoms with Gasteiger partial charge in [0, 0.05) is 72.4 Å². The van der Waals surface area contributed by atoms with Crippen LogP contribution in [0.25, 0.3) is 0 Å². The molecule has 2 rings (SSSR count). The second-order valence-electron chi connectivity index (χ2n) is 7.54. The molecule has 0 amide bonds. The number of halogens is 1. The molecular weight excluding hydrogens is 431 g/mol. The lowest BCUT2D eigenvalue weighted by Crippen LogP contribution is -2.53. The summed E-state index contributed by atoms with van der Waals surface area (Å²) < 4.78 is 11.2. The number of likely N-dealkylation sites (tertiary alicyclic amines) is 1. The first-order valence-electron chi connectivity index (χ1n) is 9.39. The molecule has 7 heteroatoms. The monoisotopic (exact) mass is 468 g/mol. The summed E-state index contributed by atoms with van der Waals surface area (Å²) in [5.41, 5.74) is -0.128. The van der Waals surface area contributed by atoms with Crippen molar-refractivity contribution >= 4 is 29.9 Å². The van der Waals surface area contributed by atoms with E-state index in [1.807, 2.05) is 7.05 Å². The second-order valence-corrected chi connectivity index (χ2v) is 7.54. The van der Waals surface area contributed by atoms with E-state index in [9.17, 15) is 0 Å². The van der Waals surface area contributed by atoms with E-state index in [1.165, 1.54) is 32.5 Å². The van der Waals surface area contributed by atoms with Gasteiger partial charge in [0.2, 0.25) is 0 Å². The molecule has 0 radical (unpaired) electrons. The van der Waals surface area contributed by atoms with E-state index >= 15 is 0 Å². The van der Waals surface area contributed by atoms with Gasteiger partial charge < -0.3 is 25.0 Å². The number of piperidine rings is 1. The third kappa shape index (κ3) is 7.56. The van der Waals surface area contributed by atoms with Crippen molar-refractivity contribution in [1.29, 1.82) is 0 Å². The molecule has 0 aromatic rings. The Balaban J connectivity index is 0.00000312. The van der Waals surface area contributed by atoms with Gasteiger partial charge in [-0.25, -0.2) is 0 Å². The van der Waals surface area contributed by atoms with Crippen molar-refractivity contribution in [1.82, 2.24) is 15.5 Å². The molecule has 2 saturated heterocycles. The van der Waals surface area contributed by atoms with E-state index < -0.39 is 0 Å². The van der Waals surface area contributed by atoms with Gasteiger partial charge >= 0.3 is 0 Å². The molecule has 0 saturated carbocycles. The van der Waals surface area contributed by atoms with E-state index in [-0.39, 0.29) is 29.6 Å². The van der Waals surface area contributed by atoms with Crippen molar-refractivity contribution in [2.75, 3.05) is 53.6 Å². The number of nitrogens with zero attached hydrogens (tertiary/aromatic N) is 2. The third-order valence-electron chi connectivity index (χ3n) is 5.19. The second kappa shape index (κ2) is 11.6. The van der Waals surface area contributed by atoms with Gasteiger partial charge in [0.05, 0.1) is 5.60 Å². The Bertz CT molecular complexity index is 393. The van der Waals surface area contributed by atoms with Crippen LogP contribution >= 0.6 is 24.0 Å². The number of hydrogen-bond acceptors (Lipinski definition) is 4. The van der Waals surface area contributed by atoms with Gasteiger partial charge in [-0.2, -0.15) is 0 Å². The van der Waals surface area contributed by atoms with E-state index in [0.29, 0.717) is 6.04 Å². The quantitative estimate of drug-likeness (QED) is 0.355. The predicted molar refractivity (Wildman–Crippen MR) is 114 cm³/mol. The Morgan fingerprint density at radius 2 is 1.92 bits per heavy atom. The Hall–Kier alpha value is -0.120. The van der Waals surface area contributed by atoms with Crippen LogP contribution in [-0.4, -0.2) is 76.1 Å². The van der Waals surface area contributed by atoms with E-state index in [4.69, 9.17) is 9.47 Å². The van der Waals surface area contributed by atoms with Gasteiger partial charge in [-0.05, 0) is 18.8 Å². The first-order valence-corrected chi connectivity index (χ1v) is 9.39. The lowest BCUT2D eigenvalue weighted by atomic mass is 9.94. The normalized spacial score (nSPS) is 22.5. The van der Waals surface area contributed by atoms with Crippen molar-refractivity contribution in [3.05, 3.63) is 0 Å². The van der Waals surface area contributed by atoms with Gasteiger partial charge in [-0.15, -0.1) is 24.0 Å². The molecule has 0 aliphatic carbocycles. The van der Waals surface area contributed by atoms with Crippen molar-refractivity contribution in [2.45, 2.75) is 51.2 Å². The molecule has 2 aliphatic heterocycles. The van der Waals surface area contributed by atoms with Crippen LogP contribution in [0.3, 0.4) is 0 Å². The summed E-state index contributed by atoms with van der Waals surface area (Å²) in [7, 11) is 3.64. The lowest BCUT2D eigenvalue weighted by Gasteiger charge is -2.37. The molecule has 0 unspecified atom stereocenters. The first-order chi connectivity index (χ1) is 11.6. The van der Waals surface area contributed by atoms with Crippen molar-refractivity contribution < 1.29 is 9.47 Å². The van der Waals surface area contributed by atoms with Crippen molar-refractivity contribution in [3.63, 3.8) is 0 Å². The number of methoxy groups -OCH3 is 1. The van der Waals surface area contributed by atoms with E-state index in [1.54, 1.807) is 7.11 Å². The zero-order chi connectivity index (χ0) is 17.4. The predicted octanol–water partition coefficient (Wildman–Crippen LogP) is 2.09. The van der Waals surface area contributed by atoms with Crippen LogP contribution in [0.2, 0.25) is 0 Å². The van der Waals surface area contributed by atoms with Crippen LogP contribution in [-0.2, 0) is 9.47 Å². The number of nitrogens with one attached hydrogen (secondary N) is 2. The molecule has 2 N–H and O–H groups in total. The van der Waals surface area contributed by atoms with Crippen LogP contribution in [0.4, 0.5) is 0 Å². The summed E-state index contributed by atoms with van der Waals surface area (Å²) in [6.07, 6.45) is 4.22. The standard InChI is InChI=1S/C18H36N4O2.HI/c1-15(2)13-22-9-5-16(6-10-22)21-17(19-3)20-14-18(23-4)7-11-24-12-8-18;/h15-16H,5-14H2,1-4H3,(H2,19,20,21);1H. The Morgan fingerprint density at radius 1 is 1.28 bits per heavy atom. The molecule has 0 bridgehead atoms. The minimum Gasteiger partial charge on any atom is -0.381 e. The number of rotatable bonds is 6. The fraction of sp³-hybridized carbons (Fsp3) is 0.944. The SMILES string of the molecule is CN=C(NCC1(OC)CCOCC1)NC1CCN(CC(C)C)CC1.I. The maximum Gasteiger partial charge on any atom is 0.191 e. The number of ether oxygens (including phenoxy) is 2. The maximum atomic E-state index is 5.78. The lowest BCUT2D eigenvalue weighted by molar-refractivity contribution is -0.0855. The summed E-state index contributed by atoms with van der Waals surface area (Å²) in [6.45, 7) is 10.5. The van der Waals surface area contributed by atoms with Crippen molar-refractivity contribution in [2.24, 2.45) is 10.9 Å². The summed E-state index contributed by atoms with van der Waals surface area (Å²) >= 11 is 0. The highest BCUT2D eigenvalue weighted by molar-refractivity contribution is 14.0. The molecule has 6 nitrogen and oxygen atoms in total. The van der Waals surface area contributed by atoms with Gasteiger partial charge in [0.15, 0.2) is 5.96 Å². The summed E-state index contributed by atoms with van der Waals surface area (Å²) in [5, 5.41) is 7.05. The van der Waals surface area contributed by atoms with Crippen LogP contribution in [0.15, 0.2) is 4.99 Å². The highest BCUT2D eigenvalue weighted by Gasteiger charge is 2.32. The van der Waals surface area contributed by atoms with Crippen molar-refractivity contribution in [3.8, 4) is 0 Å².